The third kappa shape index (κ3) is 2.04. The van der Waals surface area contributed by atoms with E-state index in [9.17, 15) is 5.11 Å². The topological polar surface area (TPSA) is 58.0 Å². The number of nitrogens with one attached hydrogen (secondary N) is 1. The number of hydrogen-bond donors (Lipinski definition) is 2. The highest BCUT2D eigenvalue weighted by atomic mass is 79.9. The molecule has 1 aromatic rings. The Balaban J connectivity index is 2.05. The highest BCUT2D eigenvalue weighted by Gasteiger charge is 2.35. The molecule has 70 valence electrons. The Hall–Kier alpha value is -0.520. The van der Waals surface area contributed by atoms with Gasteiger partial charge in [-0.3, -0.25) is 0 Å². The molecule has 1 fully saturated rings. The normalized spacial score (nSPS) is 19.5. The zero-order valence-electron chi connectivity index (χ0n) is 7.00. The third-order valence-corrected chi connectivity index (χ3v) is 2.48. The predicted molar refractivity (Wildman–Crippen MR) is 51.3 cm³/mol. The van der Waals surface area contributed by atoms with Gasteiger partial charge in [0.15, 0.2) is 0 Å². The van der Waals surface area contributed by atoms with Gasteiger partial charge in [-0.05, 0) is 15.9 Å². The van der Waals surface area contributed by atoms with Crippen molar-refractivity contribution in [3.8, 4) is 0 Å². The molecule has 0 radical (unpaired) electrons. The van der Waals surface area contributed by atoms with Crippen LogP contribution in [0.25, 0.3) is 0 Å². The molecule has 0 spiro atoms. The average Bonchev–Trinajstić information content (AvgIpc) is 2.06. The summed E-state index contributed by atoms with van der Waals surface area (Å²) >= 11 is 3.26. The van der Waals surface area contributed by atoms with Gasteiger partial charge in [0.25, 0.3) is 0 Å². The van der Waals surface area contributed by atoms with Crippen LogP contribution in [-0.2, 0) is 6.42 Å². The molecule has 0 atom stereocenters. The van der Waals surface area contributed by atoms with E-state index in [0.717, 1.165) is 4.47 Å². The second-order valence-corrected chi connectivity index (χ2v) is 4.24. The molecule has 0 amide bonds. The van der Waals surface area contributed by atoms with Crippen LogP contribution in [0.15, 0.2) is 16.9 Å². The Labute approximate surface area is 84.5 Å². The Kier molecular flexibility index (Phi) is 2.31. The highest BCUT2D eigenvalue weighted by Crippen LogP contribution is 2.15. The molecule has 0 aliphatic carbocycles. The number of hydrogen-bond acceptors (Lipinski definition) is 4. The smallest absolute Gasteiger partial charge is 0.131 e. The molecular formula is C8H10BrN3O. The van der Waals surface area contributed by atoms with Crippen LogP contribution in [0, 0.1) is 0 Å². The van der Waals surface area contributed by atoms with E-state index in [0.29, 0.717) is 25.3 Å². The fourth-order valence-corrected chi connectivity index (χ4v) is 1.47. The first-order chi connectivity index (χ1) is 6.18. The molecule has 2 N–H and O–H groups in total. The zero-order chi connectivity index (χ0) is 9.31. The molecule has 0 unspecified atom stereocenters. The molecule has 13 heavy (non-hydrogen) atoms. The van der Waals surface area contributed by atoms with Crippen molar-refractivity contribution < 1.29 is 5.11 Å². The van der Waals surface area contributed by atoms with E-state index in [2.05, 4.69) is 31.2 Å². The summed E-state index contributed by atoms with van der Waals surface area (Å²) in [6, 6.07) is 0. The summed E-state index contributed by atoms with van der Waals surface area (Å²) in [6.07, 6.45) is 3.91. The zero-order valence-corrected chi connectivity index (χ0v) is 8.58. The third-order valence-electron chi connectivity index (χ3n) is 2.07. The van der Waals surface area contributed by atoms with Crippen LogP contribution >= 0.6 is 15.9 Å². The lowest BCUT2D eigenvalue weighted by Crippen LogP contribution is -2.60. The molecule has 2 heterocycles. The second kappa shape index (κ2) is 3.32. The largest absolute Gasteiger partial charge is 0.387 e. The van der Waals surface area contributed by atoms with Gasteiger partial charge in [-0.25, -0.2) is 9.97 Å². The first-order valence-corrected chi connectivity index (χ1v) is 4.87. The van der Waals surface area contributed by atoms with Crippen LogP contribution in [0.3, 0.4) is 0 Å². The van der Waals surface area contributed by atoms with Crippen molar-refractivity contribution in [3.63, 3.8) is 0 Å². The van der Waals surface area contributed by atoms with Gasteiger partial charge < -0.3 is 10.4 Å². The van der Waals surface area contributed by atoms with Crippen molar-refractivity contribution in [2.24, 2.45) is 0 Å². The highest BCUT2D eigenvalue weighted by molar-refractivity contribution is 9.10. The lowest BCUT2D eigenvalue weighted by molar-refractivity contribution is -0.0107. The van der Waals surface area contributed by atoms with E-state index in [1.54, 1.807) is 12.4 Å². The molecule has 0 saturated carbocycles. The minimum Gasteiger partial charge on any atom is -0.387 e. The number of aliphatic hydroxyl groups is 1. The summed E-state index contributed by atoms with van der Waals surface area (Å²) in [4.78, 5) is 8.20. The number of halogens is 1. The van der Waals surface area contributed by atoms with Gasteiger partial charge in [0.1, 0.15) is 5.82 Å². The van der Waals surface area contributed by atoms with E-state index in [1.807, 2.05) is 0 Å². The Morgan fingerprint density at radius 1 is 1.46 bits per heavy atom. The minimum atomic E-state index is -0.631. The van der Waals surface area contributed by atoms with Gasteiger partial charge in [0.2, 0.25) is 0 Å². The number of aromatic nitrogens is 2. The minimum absolute atomic E-state index is 0.521. The van der Waals surface area contributed by atoms with Crippen molar-refractivity contribution in [2.75, 3.05) is 13.1 Å². The lowest BCUT2D eigenvalue weighted by Gasteiger charge is -2.36. The maximum absolute atomic E-state index is 9.78. The van der Waals surface area contributed by atoms with Crippen LogP contribution in [0.4, 0.5) is 0 Å². The van der Waals surface area contributed by atoms with Crippen LogP contribution in [0.1, 0.15) is 5.82 Å². The van der Waals surface area contributed by atoms with Crippen LogP contribution in [0.5, 0.6) is 0 Å². The van der Waals surface area contributed by atoms with Crippen molar-refractivity contribution in [2.45, 2.75) is 12.0 Å². The molecule has 0 aromatic carbocycles. The predicted octanol–water partition coefficient (Wildman–Crippen LogP) is 0.116. The first kappa shape index (κ1) is 9.05. The van der Waals surface area contributed by atoms with Crippen molar-refractivity contribution in [3.05, 3.63) is 22.7 Å². The fraction of sp³-hybridized carbons (Fsp3) is 0.500. The van der Waals surface area contributed by atoms with Crippen LogP contribution in [-0.4, -0.2) is 33.8 Å². The molecule has 0 bridgehead atoms. The molecular weight excluding hydrogens is 234 g/mol. The van der Waals surface area contributed by atoms with E-state index in [-0.39, 0.29) is 0 Å². The maximum Gasteiger partial charge on any atom is 0.131 e. The average molecular weight is 244 g/mol. The molecule has 1 aliphatic heterocycles. The van der Waals surface area contributed by atoms with Crippen molar-refractivity contribution in [1.82, 2.24) is 15.3 Å². The summed E-state index contributed by atoms with van der Waals surface area (Å²) < 4.78 is 0.856. The van der Waals surface area contributed by atoms with Crippen molar-refractivity contribution in [1.29, 1.82) is 0 Å². The van der Waals surface area contributed by atoms with E-state index in [1.165, 1.54) is 0 Å². The summed E-state index contributed by atoms with van der Waals surface area (Å²) in [7, 11) is 0. The maximum atomic E-state index is 9.78. The van der Waals surface area contributed by atoms with Crippen LogP contribution in [0.2, 0.25) is 0 Å². The van der Waals surface area contributed by atoms with E-state index in [4.69, 9.17) is 0 Å². The Bertz CT molecular complexity index is 297. The summed E-state index contributed by atoms with van der Waals surface area (Å²) in [6.45, 7) is 1.26. The van der Waals surface area contributed by atoms with Crippen LogP contribution < -0.4 is 5.32 Å². The molecule has 1 saturated heterocycles. The first-order valence-electron chi connectivity index (χ1n) is 4.07. The molecule has 5 heteroatoms. The lowest BCUT2D eigenvalue weighted by atomic mass is 9.93. The van der Waals surface area contributed by atoms with Gasteiger partial charge in [-0.2, -0.15) is 0 Å². The van der Waals surface area contributed by atoms with Crippen molar-refractivity contribution >= 4 is 15.9 Å². The number of rotatable bonds is 2. The van der Waals surface area contributed by atoms with E-state index < -0.39 is 5.60 Å². The standard InChI is InChI=1S/C8H10BrN3O/c9-6-2-11-7(12-3-6)1-8(13)4-10-5-8/h2-3,10,13H,1,4-5H2. The SMILES string of the molecule is OC1(Cc2ncc(Br)cn2)CNC1. The molecule has 1 aliphatic rings. The second-order valence-electron chi connectivity index (χ2n) is 3.32. The number of β-amino-alcohol motifs (C(OH)–C–C–N with tert-alkyl or cyclic N) is 1. The van der Waals surface area contributed by atoms with Gasteiger partial charge in [0, 0.05) is 31.9 Å². The molecule has 2 rings (SSSR count). The molecule has 4 nitrogen and oxygen atoms in total. The fourth-order valence-electron chi connectivity index (χ4n) is 1.26. The number of nitrogens with zero attached hydrogens (tertiary/aromatic N) is 2. The Morgan fingerprint density at radius 3 is 2.54 bits per heavy atom. The monoisotopic (exact) mass is 243 g/mol. The van der Waals surface area contributed by atoms with Gasteiger partial charge >= 0.3 is 0 Å². The van der Waals surface area contributed by atoms with E-state index >= 15 is 0 Å². The summed E-state index contributed by atoms with van der Waals surface area (Å²) in [5.74, 6) is 0.687. The van der Waals surface area contributed by atoms with Gasteiger partial charge in [-0.1, -0.05) is 0 Å². The van der Waals surface area contributed by atoms with Gasteiger partial charge in [-0.15, -0.1) is 0 Å². The summed E-state index contributed by atoms with van der Waals surface area (Å²) in [5, 5.41) is 12.8. The summed E-state index contributed by atoms with van der Waals surface area (Å²) in [5.41, 5.74) is -0.631. The Morgan fingerprint density at radius 2 is 2.08 bits per heavy atom. The molecule has 1 aromatic heterocycles. The van der Waals surface area contributed by atoms with Gasteiger partial charge in [0.05, 0.1) is 10.1 Å². The quantitative estimate of drug-likeness (QED) is 0.775.